The predicted octanol–water partition coefficient (Wildman–Crippen LogP) is 4.31. The van der Waals surface area contributed by atoms with Gasteiger partial charge in [-0.25, -0.2) is 13.2 Å². The van der Waals surface area contributed by atoms with Crippen molar-refractivity contribution in [3.63, 3.8) is 0 Å². The molecule has 1 aromatic heterocycles. The molecule has 0 bridgehead atoms. The Balaban J connectivity index is 2.38. The quantitative estimate of drug-likeness (QED) is 0.727. The Morgan fingerprint density at radius 3 is 2.48 bits per heavy atom. The zero-order valence-electron chi connectivity index (χ0n) is 13.8. The smallest absolute Gasteiger partial charge is 0.273 e. The van der Waals surface area contributed by atoms with Gasteiger partial charge in [-0.1, -0.05) is 13.2 Å². The van der Waals surface area contributed by atoms with Crippen LogP contribution in [-0.4, -0.2) is 17.1 Å². The molecule has 4 nitrogen and oxygen atoms in total. The van der Waals surface area contributed by atoms with Gasteiger partial charge in [-0.05, 0) is 24.3 Å². The number of aromatic hydroxyl groups is 1. The zero-order chi connectivity index (χ0) is 18.8. The molecule has 0 unspecified atom stereocenters. The van der Waals surface area contributed by atoms with E-state index in [0.717, 1.165) is 12.1 Å². The molecule has 0 aliphatic rings. The highest BCUT2D eigenvalue weighted by atomic mass is 19.3. The first kappa shape index (κ1) is 18.4. The molecule has 0 fully saturated rings. The minimum atomic E-state index is -3.39. The van der Waals surface area contributed by atoms with Crippen molar-refractivity contribution >= 4 is 17.1 Å². The van der Waals surface area contributed by atoms with Crippen LogP contribution < -0.4 is 10.6 Å². The van der Waals surface area contributed by atoms with Crippen LogP contribution in [0.2, 0.25) is 0 Å². The van der Waals surface area contributed by atoms with Crippen LogP contribution >= 0.6 is 0 Å². The van der Waals surface area contributed by atoms with Gasteiger partial charge in [-0.3, -0.25) is 4.98 Å². The Kier molecular flexibility index (Phi) is 5.06. The lowest BCUT2D eigenvalue weighted by Crippen LogP contribution is -2.12. The van der Waals surface area contributed by atoms with Gasteiger partial charge in [0.1, 0.15) is 11.6 Å². The molecule has 25 heavy (non-hydrogen) atoms. The first-order chi connectivity index (χ1) is 11.6. The third-order valence-electron chi connectivity index (χ3n) is 3.56. The molecular weight excluding hydrogens is 331 g/mol. The summed E-state index contributed by atoms with van der Waals surface area (Å²) in [7, 11) is 1.69. The molecule has 2 aromatic rings. The van der Waals surface area contributed by atoms with E-state index in [1.807, 2.05) is 0 Å². The van der Waals surface area contributed by atoms with E-state index in [4.69, 9.17) is 0 Å². The van der Waals surface area contributed by atoms with Gasteiger partial charge in [-0.2, -0.15) is 0 Å². The summed E-state index contributed by atoms with van der Waals surface area (Å²) < 4.78 is 41.5. The number of phenolic OH excluding ortho intramolecular Hbond substituents is 1. The Hall–Kier alpha value is -2.96. The molecule has 0 amide bonds. The van der Waals surface area contributed by atoms with E-state index in [-0.39, 0.29) is 5.70 Å². The van der Waals surface area contributed by atoms with Crippen LogP contribution in [0.1, 0.15) is 23.7 Å². The number of hydrogen-bond acceptors (Lipinski definition) is 4. The number of hydrogen-bond donors (Lipinski definition) is 3. The van der Waals surface area contributed by atoms with Crippen LogP contribution in [0, 0.1) is 5.82 Å². The Morgan fingerprint density at radius 1 is 1.20 bits per heavy atom. The third-order valence-corrected chi connectivity index (χ3v) is 3.56. The van der Waals surface area contributed by atoms with E-state index in [2.05, 4.69) is 28.8 Å². The van der Waals surface area contributed by atoms with Gasteiger partial charge >= 0.3 is 0 Å². The van der Waals surface area contributed by atoms with E-state index in [1.54, 1.807) is 19.2 Å². The molecule has 0 spiro atoms. The van der Waals surface area contributed by atoms with Crippen molar-refractivity contribution in [1.29, 1.82) is 0 Å². The van der Waals surface area contributed by atoms with Crippen molar-refractivity contribution < 1.29 is 18.3 Å². The van der Waals surface area contributed by atoms with Gasteiger partial charge < -0.3 is 15.7 Å². The number of alkyl halides is 2. The van der Waals surface area contributed by atoms with E-state index in [9.17, 15) is 18.3 Å². The summed E-state index contributed by atoms with van der Waals surface area (Å²) in [5.41, 5.74) is 0.300. The molecule has 0 aliphatic heterocycles. The van der Waals surface area contributed by atoms with Gasteiger partial charge in [0.2, 0.25) is 0 Å². The normalized spacial score (nSPS) is 11.1. The second-order valence-electron chi connectivity index (χ2n) is 5.47. The second-order valence-corrected chi connectivity index (χ2v) is 5.47. The molecule has 0 saturated carbocycles. The number of aromatic nitrogens is 1. The predicted molar refractivity (Wildman–Crippen MR) is 92.6 cm³/mol. The molecule has 1 aromatic carbocycles. The minimum Gasteiger partial charge on any atom is -0.507 e. The number of rotatable bonds is 6. The number of benzene rings is 1. The fourth-order valence-corrected chi connectivity index (χ4v) is 2.23. The van der Waals surface area contributed by atoms with Crippen LogP contribution in [0.5, 0.6) is 5.75 Å². The molecule has 3 N–H and O–H groups in total. The number of anilines is 1. The lowest BCUT2D eigenvalue weighted by atomic mass is 10.0. The van der Waals surface area contributed by atoms with Crippen LogP contribution in [0.15, 0.2) is 43.6 Å². The summed E-state index contributed by atoms with van der Waals surface area (Å²) in [5.74, 6) is -5.10. The van der Waals surface area contributed by atoms with Gasteiger partial charge in [0, 0.05) is 31.6 Å². The summed E-state index contributed by atoms with van der Waals surface area (Å²) in [6.45, 7) is 8.01. The van der Waals surface area contributed by atoms with Crippen molar-refractivity contribution in [2.24, 2.45) is 0 Å². The highest BCUT2D eigenvalue weighted by Crippen LogP contribution is 2.36. The van der Waals surface area contributed by atoms with Crippen molar-refractivity contribution in [2.45, 2.75) is 12.8 Å². The van der Waals surface area contributed by atoms with E-state index in [0.29, 0.717) is 24.0 Å². The van der Waals surface area contributed by atoms with Gasteiger partial charge in [0.15, 0.2) is 0 Å². The monoisotopic (exact) mass is 349 g/mol. The molecule has 7 heteroatoms. The summed E-state index contributed by atoms with van der Waals surface area (Å²) in [6, 6.07) is 5.07. The lowest BCUT2D eigenvalue weighted by molar-refractivity contribution is 0.0136. The average Bonchev–Trinajstić information content (AvgIpc) is 2.53. The fourth-order valence-electron chi connectivity index (χ4n) is 2.23. The SMILES string of the molecule is C=C(NC)c1cc(NC(=C)c2c(O)ccc(C(C)(F)F)c2F)ccn1. The first-order valence-electron chi connectivity index (χ1n) is 7.34. The van der Waals surface area contributed by atoms with Crippen molar-refractivity contribution in [3.05, 3.63) is 66.3 Å². The van der Waals surface area contributed by atoms with Gasteiger partial charge in [0.05, 0.1) is 22.5 Å². The first-order valence-corrected chi connectivity index (χ1v) is 7.34. The average molecular weight is 349 g/mol. The molecule has 0 saturated heterocycles. The lowest BCUT2D eigenvalue weighted by Gasteiger charge is -2.17. The number of nitrogens with zero attached hydrogens (tertiary/aromatic N) is 1. The van der Waals surface area contributed by atoms with Crippen LogP contribution in [-0.2, 0) is 5.92 Å². The maximum absolute atomic E-state index is 14.5. The fraction of sp³-hybridized carbons (Fsp3) is 0.167. The number of nitrogens with one attached hydrogen (secondary N) is 2. The van der Waals surface area contributed by atoms with Crippen LogP contribution in [0.4, 0.5) is 18.9 Å². The van der Waals surface area contributed by atoms with Gasteiger partial charge in [0.25, 0.3) is 5.92 Å². The Bertz CT molecular complexity index is 829. The Labute approximate surface area is 143 Å². The summed E-state index contributed by atoms with van der Waals surface area (Å²) in [5, 5.41) is 15.5. The summed E-state index contributed by atoms with van der Waals surface area (Å²) in [6.07, 6.45) is 1.50. The van der Waals surface area contributed by atoms with E-state index >= 15 is 0 Å². The largest absolute Gasteiger partial charge is 0.507 e. The maximum atomic E-state index is 14.5. The van der Waals surface area contributed by atoms with Crippen LogP contribution in [0.3, 0.4) is 0 Å². The van der Waals surface area contributed by atoms with Crippen molar-refractivity contribution in [1.82, 2.24) is 10.3 Å². The third kappa shape index (κ3) is 3.93. The van der Waals surface area contributed by atoms with Crippen LogP contribution in [0.25, 0.3) is 11.4 Å². The number of pyridine rings is 1. The highest BCUT2D eigenvalue weighted by Gasteiger charge is 2.31. The minimum absolute atomic E-state index is 0.0617. The standard InChI is InChI=1S/C18H18F3N3O/c1-10(22-4)14-9-12(7-8-23-14)24-11(2)16-15(25)6-5-13(17(16)19)18(3,20)21/h5-9,22,25H,1-2H2,3-4H3,(H,23,24). The molecular formula is C18H18F3N3O. The molecule has 0 aliphatic carbocycles. The second kappa shape index (κ2) is 6.88. The van der Waals surface area contributed by atoms with Crippen molar-refractivity contribution in [3.8, 4) is 5.75 Å². The molecule has 2 rings (SSSR count). The Morgan fingerprint density at radius 2 is 1.88 bits per heavy atom. The number of phenols is 1. The summed E-state index contributed by atoms with van der Waals surface area (Å²) >= 11 is 0. The highest BCUT2D eigenvalue weighted by molar-refractivity contribution is 5.79. The molecule has 1 heterocycles. The van der Waals surface area contributed by atoms with E-state index < -0.39 is 28.6 Å². The topological polar surface area (TPSA) is 57.2 Å². The molecule has 0 atom stereocenters. The van der Waals surface area contributed by atoms with Gasteiger partial charge in [-0.15, -0.1) is 0 Å². The number of halogens is 3. The zero-order valence-corrected chi connectivity index (χ0v) is 13.8. The maximum Gasteiger partial charge on any atom is 0.273 e. The molecule has 0 radical (unpaired) electrons. The van der Waals surface area contributed by atoms with E-state index in [1.165, 1.54) is 6.20 Å². The molecule has 132 valence electrons. The van der Waals surface area contributed by atoms with Crippen molar-refractivity contribution in [2.75, 3.05) is 12.4 Å². The summed E-state index contributed by atoms with van der Waals surface area (Å²) in [4.78, 5) is 4.12.